The van der Waals surface area contributed by atoms with E-state index in [9.17, 15) is 34.2 Å². The first-order valence-corrected chi connectivity index (χ1v) is 14.1. The van der Waals surface area contributed by atoms with E-state index in [1.807, 2.05) is 0 Å². The van der Waals surface area contributed by atoms with Crippen molar-refractivity contribution in [2.24, 2.45) is 5.73 Å². The average Bonchev–Trinajstić information content (AvgIpc) is 3.37. The Bertz CT molecular complexity index is 1420. The Morgan fingerprint density at radius 3 is 2.56 bits per heavy atom. The molecule has 0 aliphatic carbocycles. The molecule has 7 N–H and O–H groups in total. The summed E-state index contributed by atoms with van der Waals surface area (Å²) in [6, 6.07) is 3.23. The number of amides is 4. The second-order valence-electron chi connectivity index (χ2n) is 9.97. The van der Waals surface area contributed by atoms with Crippen molar-refractivity contribution < 1.29 is 38.9 Å². The quantitative estimate of drug-likeness (QED) is 0.171. The summed E-state index contributed by atoms with van der Waals surface area (Å²) >= 11 is 2.32. The molecule has 2 aliphatic rings. The highest BCUT2D eigenvalue weighted by Crippen LogP contribution is 2.41. The largest absolute Gasteiger partial charge is 0.508 e. The van der Waals surface area contributed by atoms with E-state index in [1.54, 1.807) is 20.8 Å². The second kappa shape index (κ2) is 11.7. The Kier molecular flexibility index (Phi) is 8.48. The standard InChI is InChI=1S/C24H27N7O8S2/c1-24(2,3)39-23(38)27-13(10-4-6-12(32)7-5-10)18(34)26-15-20(35)31-16(22(36)37)11(9-41-21(15)31)8-40-19-14(17(25)33)28-30-29-19/h4-7,13,15,21,32H,8-9H2,1-3H3,(H2,25,33)(H,26,34)(H,27,38)(H,36,37)(H,28,29,30)/t13?,15?,21-/m1/s1. The number of primary amides is 1. The summed E-state index contributed by atoms with van der Waals surface area (Å²) in [5.74, 6) is -3.21. The first-order chi connectivity index (χ1) is 19.3. The molecule has 3 atom stereocenters. The van der Waals surface area contributed by atoms with Crippen LogP contribution in [0.2, 0.25) is 0 Å². The first kappa shape index (κ1) is 29.7. The lowest BCUT2D eigenvalue weighted by Crippen LogP contribution is -2.71. The van der Waals surface area contributed by atoms with E-state index in [0.717, 1.165) is 16.7 Å². The molecule has 1 aromatic carbocycles. The topological polar surface area (TPSA) is 230 Å². The summed E-state index contributed by atoms with van der Waals surface area (Å²) in [5, 5.41) is 33.9. The lowest BCUT2D eigenvalue weighted by atomic mass is 10.0. The summed E-state index contributed by atoms with van der Waals surface area (Å²) in [7, 11) is 0. The summed E-state index contributed by atoms with van der Waals surface area (Å²) in [6.07, 6.45) is -0.871. The Balaban J connectivity index is 1.50. The molecule has 2 unspecified atom stereocenters. The fourth-order valence-electron chi connectivity index (χ4n) is 4.06. The molecule has 1 aromatic heterocycles. The predicted octanol–water partition coefficient (Wildman–Crippen LogP) is 0.706. The van der Waals surface area contributed by atoms with Gasteiger partial charge in [-0.05, 0) is 44.0 Å². The highest BCUT2D eigenvalue weighted by molar-refractivity contribution is 8.01. The molecule has 0 radical (unpaired) electrons. The minimum Gasteiger partial charge on any atom is -0.508 e. The molecule has 4 amide bonds. The van der Waals surface area contributed by atoms with E-state index >= 15 is 0 Å². The number of benzene rings is 1. The Hall–Kier alpha value is -4.25. The number of nitrogens with one attached hydrogen (secondary N) is 3. The Labute approximate surface area is 241 Å². The van der Waals surface area contributed by atoms with Gasteiger partial charge in [0.2, 0.25) is 5.91 Å². The molecule has 17 heteroatoms. The van der Waals surface area contributed by atoms with Crippen LogP contribution in [0, 0.1) is 0 Å². The second-order valence-corrected chi connectivity index (χ2v) is 12.1. The molecule has 3 heterocycles. The zero-order valence-electron chi connectivity index (χ0n) is 22.0. The van der Waals surface area contributed by atoms with Crippen molar-refractivity contribution in [3.8, 4) is 5.75 Å². The normalized spacial score (nSPS) is 19.1. The van der Waals surface area contributed by atoms with E-state index in [4.69, 9.17) is 10.5 Å². The molecule has 15 nitrogen and oxygen atoms in total. The Morgan fingerprint density at radius 2 is 1.95 bits per heavy atom. The number of fused-ring (bicyclic) bond motifs is 1. The van der Waals surface area contributed by atoms with Crippen LogP contribution < -0.4 is 16.4 Å². The van der Waals surface area contributed by atoms with Gasteiger partial charge in [0.1, 0.15) is 39.5 Å². The number of H-pyrrole nitrogens is 1. The van der Waals surface area contributed by atoms with E-state index in [0.29, 0.717) is 11.1 Å². The van der Waals surface area contributed by atoms with Gasteiger partial charge in [-0.2, -0.15) is 0 Å². The number of aromatic amines is 1. The van der Waals surface area contributed by atoms with E-state index < -0.39 is 52.8 Å². The molecule has 0 spiro atoms. The van der Waals surface area contributed by atoms with Gasteiger partial charge >= 0.3 is 12.1 Å². The summed E-state index contributed by atoms with van der Waals surface area (Å²) in [5.41, 5.74) is 4.87. The number of carbonyl (C=O) groups is 5. The summed E-state index contributed by atoms with van der Waals surface area (Å²) in [4.78, 5) is 63.8. The molecule has 4 rings (SSSR count). The van der Waals surface area contributed by atoms with Gasteiger partial charge in [0.05, 0.1) is 0 Å². The van der Waals surface area contributed by atoms with Crippen LogP contribution in [0.1, 0.15) is 42.9 Å². The van der Waals surface area contributed by atoms with Crippen LogP contribution in [-0.2, 0) is 19.1 Å². The van der Waals surface area contributed by atoms with Crippen molar-refractivity contribution in [1.82, 2.24) is 30.9 Å². The number of thioether (sulfide) groups is 2. The van der Waals surface area contributed by atoms with Crippen LogP contribution in [0.4, 0.5) is 4.79 Å². The van der Waals surface area contributed by atoms with Crippen LogP contribution in [0.15, 0.2) is 40.6 Å². The molecule has 2 aliphatic heterocycles. The SMILES string of the molecule is CC(C)(C)OC(=O)NC(C(=O)NC1C(=O)N2C(C(=O)O)=C(CSc3[nH]nnc3C(N)=O)CS[C@H]12)c1ccc(O)cc1. The molecular formula is C24H27N7O8S2. The van der Waals surface area contributed by atoms with Crippen molar-refractivity contribution in [2.75, 3.05) is 11.5 Å². The van der Waals surface area contributed by atoms with Gasteiger partial charge in [-0.3, -0.25) is 24.4 Å². The van der Waals surface area contributed by atoms with Gasteiger partial charge in [0, 0.05) is 11.5 Å². The maximum Gasteiger partial charge on any atom is 0.408 e. The molecule has 2 aromatic rings. The van der Waals surface area contributed by atoms with Crippen LogP contribution in [0.5, 0.6) is 5.75 Å². The first-order valence-electron chi connectivity index (χ1n) is 12.1. The number of rotatable bonds is 9. The third kappa shape index (κ3) is 6.57. The number of phenolic OH excluding ortho intramolecular Hbond substituents is 1. The van der Waals surface area contributed by atoms with Gasteiger partial charge in [-0.1, -0.05) is 29.1 Å². The molecule has 41 heavy (non-hydrogen) atoms. The number of carboxylic acid groups (broad SMARTS) is 1. The Morgan fingerprint density at radius 1 is 1.27 bits per heavy atom. The summed E-state index contributed by atoms with van der Waals surface area (Å²) < 4.78 is 5.27. The minimum atomic E-state index is -1.32. The van der Waals surface area contributed by atoms with Gasteiger partial charge in [0.15, 0.2) is 5.69 Å². The van der Waals surface area contributed by atoms with Crippen molar-refractivity contribution in [1.29, 1.82) is 0 Å². The highest BCUT2D eigenvalue weighted by atomic mass is 32.2. The predicted molar refractivity (Wildman–Crippen MR) is 146 cm³/mol. The van der Waals surface area contributed by atoms with Crippen molar-refractivity contribution in [3.63, 3.8) is 0 Å². The number of aliphatic carboxylic acids is 1. The maximum absolute atomic E-state index is 13.3. The minimum absolute atomic E-state index is 0.0507. The number of hydrogen-bond donors (Lipinski definition) is 6. The number of aromatic nitrogens is 3. The fraction of sp³-hybridized carbons (Fsp3) is 0.375. The lowest BCUT2D eigenvalue weighted by molar-refractivity contribution is -0.151. The van der Waals surface area contributed by atoms with E-state index in [1.165, 1.54) is 36.0 Å². The lowest BCUT2D eigenvalue weighted by Gasteiger charge is -2.49. The van der Waals surface area contributed by atoms with Crippen molar-refractivity contribution in [2.45, 2.75) is 48.9 Å². The number of phenols is 1. The molecule has 1 fully saturated rings. The molecular weight excluding hydrogens is 578 g/mol. The fourth-order valence-corrected chi connectivity index (χ4v) is 6.48. The van der Waals surface area contributed by atoms with Crippen LogP contribution in [0.3, 0.4) is 0 Å². The number of alkyl carbamates (subject to hydrolysis) is 1. The average molecular weight is 606 g/mol. The molecule has 0 saturated carbocycles. The van der Waals surface area contributed by atoms with Crippen molar-refractivity contribution >= 4 is 53.3 Å². The molecule has 218 valence electrons. The number of carbonyl (C=O) groups excluding carboxylic acids is 4. The van der Waals surface area contributed by atoms with Crippen molar-refractivity contribution in [3.05, 3.63) is 46.8 Å². The van der Waals surface area contributed by atoms with Crippen LogP contribution in [0.25, 0.3) is 0 Å². The zero-order chi connectivity index (χ0) is 30.1. The monoisotopic (exact) mass is 605 g/mol. The number of nitrogens with zero attached hydrogens (tertiary/aromatic N) is 3. The smallest absolute Gasteiger partial charge is 0.408 e. The van der Waals surface area contributed by atoms with Crippen LogP contribution >= 0.6 is 23.5 Å². The number of aromatic hydroxyl groups is 1. The molecule has 0 bridgehead atoms. The number of nitrogens with two attached hydrogens (primary N) is 1. The molecule has 1 saturated heterocycles. The third-order valence-corrected chi connectivity index (χ3v) is 8.24. The van der Waals surface area contributed by atoms with E-state index in [-0.39, 0.29) is 33.7 Å². The maximum atomic E-state index is 13.3. The van der Waals surface area contributed by atoms with Gasteiger partial charge in [-0.25, -0.2) is 9.59 Å². The third-order valence-electron chi connectivity index (χ3n) is 5.84. The number of carboxylic acids is 1. The number of ether oxygens (including phenoxy) is 1. The number of β-lactam (4-membered cyclic amide) rings is 1. The zero-order valence-corrected chi connectivity index (χ0v) is 23.7. The van der Waals surface area contributed by atoms with E-state index in [2.05, 4.69) is 26.0 Å². The van der Waals surface area contributed by atoms with Gasteiger partial charge in [0.25, 0.3) is 11.8 Å². The van der Waals surface area contributed by atoms with Gasteiger partial charge in [-0.15, -0.1) is 16.9 Å². The van der Waals surface area contributed by atoms with Crippen LogP contribution in [-0.4, -0.2) is 88.8 Å². The van der Waals surface area contributed by atoms with Gasteiger partial charge < -0.3 is 31.3 Å². The number of hydrogen-bond acceptors (Lipinski definition) is 11. The summed E-state index contributed by atoms with van der Waals surface area (Å²) in [6.45, 7) is 4.98. The highest BCUT2D eigenvalue weighted by Gasteiger charge is 2.54.